The number of nitrogens with zero attached hydrogens (tertiary/aromatic N) is 3. The zero-order valence-electron chi connectivity index (χ0n) is 13.2. The first-order chi connectivity index (χ1) is 11.9. The molecule has 5 nitrogen and oxygen atoms in total. The van der Waals surface area contributed by atoms with E-state index in [1.165, 1.54) is 10.4 Å². The van der Waals surface area contributed by atoms with Crippen LogP contribution < -0.4 is 4.90 Å². The average Bonchev–Trinajstić information content (AvgIpc) is 2.64. The SMILES string of the molecule is N#Cc1ccc(N2CCN(S(=O)(=O)c3cccc(Cl)c3Cl)CC2)cc1. The Morgan fingerprint density at radius 3 is 2.20 bits per heavy atom. The molecule has 1 aliphatic rings. The van der Waals surface area contributed by atoms with Gasteiger partial charge in [0, 0.05) is 31.9 Å². The van der Waals surface area contributed by atoms with Crippen LogP contribution in [0.3, 0.4) is 0 Å². The minimum absolute atomic E-state index is 0.0356. The van der Waals surface area contributed by atoms with Gasteiger partial charge in [-0.25, -0.2) is 8.42 Å². The molecule has 1 saturated heterocycles. The van der Waals surface area contributed by atoms with Crippen LogP contribution in [0.25, 0.3) is 0 Å². The van der Waals surface area contributed by atoms with Crippen LogP contribution in [0.1, 0.15) is 5.56 Å². The Morgan fingerprint density at radius 1 is 0.960 bits per heavy atom. The van der Waals surface area contributed by atoms with Gasteiger partial charge in [-0.15, -0.1) is 0 Å². The second-order valence-corrected chi connectivity index (χ2v) is 8.29. The Hall–Kier alpha value is -1.78. The Morgan fingerprint density at radius 2 is 1.60 bits per heavy atom. The maximum absolute atomic E-state index is 12.8. The minimum atomic E-state index is -3.68. The molecule has 25 heavy (non-hydrogen) atoms. The lowest BCUT2D eigenvalue weighted by molar-refractivity contribution is 0.385. The number of halogens is 2. The van der Waals surface area contributed by atoms with Crippen LogP contribution in [-0.4, -0.2) is 38.9 Å². The molecule has 0 saturated carbocycles. The summed E-state index contributed by atoms with van der Waals surface area (Å²) in [6.45, 7) is 1.82. The van der Waals surface area contributed by atoms with Crippen LogP contribution in [0.15, 0.2) is 47.4 Å². The predicted molar refractivity (Wildman–Crippen MR) is 98.6 cm³/mol. The van der Waals surface area contributed by atoms with Crippen molar-refractivity contribution in [3.8, 4) is 6.07 Å². The van der Waals surface area contributed by atoms with E-state index in [0.717, 1.165) is 5.69 Å². The van der Waals surface area contributed by atoms with E-state index in [9.17, 15) is 8.42 Å². The number of anilines is 1. The van der Waals surface area contributed by atoms with E-state index in [0.29, 0.717) is 31.7 Å². The number of benzene rings is 2. The van der Waals surface area contributed by atoms with Crippen LogP contribution in [0, 0.1) is 11.3 Å². The first-order valence-corrected chi connectivity index (χ1v) is 9.82. The number of piperazine rings is 1. The van der Waals surface area contributed by atoms with Crippen molar-refractivity contribution in [2.24, 2.45) is 0 Å². The smallest absolute Gasteiger partial charge is 0.244 e. The van der Waals surface area contributed by atoms with Crippen molar-refractivity contribution in [1.29, 1.82) is 5.26 Å². The maximum atomic E-state index is 12.8. The summed E-state index contributed by atoms with van der Waals surface area (Å²) in [6.07, 6.45) is 0. The normalized spacial score (nSPS) is 15.8. The number of nitriles is 1. The highest BCUT2D eigenvalue weighted by Gasteiger charge is 2.30. The highest BCUT2D eigenvalue weighted by Crippen LogP contribution is 2.31. The molecule has 130 valence electrons. The van der Waals surface area contributed by atoms with Gasteiger partial charge in [-0.05, 0) is 36.4 Å². The summed E-state index contributed by atoms with van der Waals surface area (Å²) in [5.41, 5.74) is 1.57. The van der Waals surface area contributed by atoms with Crippen molar-refractivity contribution in [2.75, 3.05) is 31.1 Å². The zero-order chi connectivity index (χ0) is 18.0. The number of hydrogen-bond acceptors (Lipinski definition) is 4. The van der Waals surface area contributed by atoms with Gasteiger partial charge in [-0.3, -0.25) is 0 Å². The molecule has 0 radical (unpaired) electrons. The maximum Gasteiger partial charge on any atom is 0.244 e. The van der Waals surface area contributed by atoms with E-state index in [1.54, 1.807) is 24.3 Å². The third-order valence-corrected chi connectivity index (χ3v) is 7.01. The monoisotopic (exact) mass is 395 g/mol. The first kappa shape index (κ1) is 18.0. The van der Waals surface area contributed by atoms with Gasteiger partial charge < -0.3 is 4.90 Å². The van der Waals surface area contributed by atoms with Gasteiger partial charge in [0.2, 0.25) is 10.0 Å². The molecule has 0 bridgehead atoms. The van der Waals surface area contributed by atoms with Crippen LogP contribution in [-0.2, 0) is 10.0 Å². The molecule has 0 amide bonds. The molecule has 8 heteroatoms. The molecule has 0 N–H and O–H groups in total. The van der Waals surface area contributed by atoms with Gasteiger partial charge in [-0.2, -0.15) is 9.57 Å². The van der Waals surface area contributed by atoms with Crippen LogP contribution in [0.5, 0.6) is 0 Å². The molecular formula is C17H15Cl2N3O2S. The van der Waals surface area contributed by atoms with Gasteiger partial charge >= 0.3 is 0 Å². The molecular weight excluding hydrogens is 381 g/mol. The van der Waals surface area contributed by atoms with E-state index < -0.39 is 10.0 Å². The van der Waals surface area contributed by atoms with Crippen LogP contribution >= 0.6 is 23.2 Å². The lowest BCUT2D eigenvalue weighted by atomic mass is 10.2. The molecule has 0 aliphatic carbocycles. The summed E-state index contributed by atoms with van der Waals surface area (Å²) in [6, 6.07) is 13.9. The Bertz CT molecular complexity index is 916. The summed E-state index contributed by atoms with van der Waals surface area (Å²) in [5.74, 6) is 0. The molecule has 2 aromatic carbocycles. The quantitative estimate of drug-likeness (QED) is 0.798. The fourth-order valence-corrected chi connectivity index (χ4v) is 4.91. The second kappa shape index (κ2) is 7.22. The van der Waals surface area contributed by atoms with E-state index in [-0.39, 0.29) is 14.9 Å². The molecule has 1 heterocycles. The summed E-state index contributed by atoms with van der Waals surface area (Å²) in [7, 11) is -3.68. The van der Waals surface area contributed by atoms with Crippen LogP contribution in [0.4, 0.5) is 5.69 Å². The lowest BCUT2D eigenvalue weighted by Crippen LogP contribution is -2.48. The third-order valence-electron chi connectivity index (χ3n) is 4.13. The van der Waals surface area contributed by atoms with E-state index in [1.807, 2.05) is 12.1 Å². The zero-order valence-corrected chi connectivity index (χ0v) is 15.5. The van der Waals surface area contributed by atoms with E-state index in [2.05, 4.69) is 11.0 Å². The van der Waals surface area contributed by atoms with Gasteiger partial charge in [0.25, 0.3) is 0 Å². The number of rotatable bonds is 3. The van der Waals surface area contributed by atoms with Gasteiger partial charge in [0.05, 0.1) is 21.7 Å². The summed E-state index contributed by atoms with van der Waals surface area (Å²) >= 11 is 12.0. The highest BCUT2D eigenvalue weighted by molar-refractivity contribution is 7.89. The Balaban J connectivity index is 1.75. The fraction of sp³-hybridized carbons (Fsp3) is 0.235. The third kappa shape index (κ3) is 3.60. The number of hydrogen-bond donors (Lipinski definition) is 0. The average molecular weight is 396 g/mol. The molecule has 0 atom stereocenters. The second-order valence-electron chi connectivity index (χ2n) is 5.60. The molecule has 0 aromatic heterocycles. The van der Waals surface area contributed by atoms with Gasteiger partial charge in [0.1, 0.15) is 4.90 Å². The minimum Gasteiger partial charge on any atom is -0.369 e. The molecule has 1 fully saturated rings. The summed E-state index contributed by atoms with van der Waals surface area (Å²) in [5, 5.41) is 9.13. The first-order valence-electron chi connectivity index (χ1n) is 7.63. The summed E-state index contributed by atoms with van der Waals surface area (Å²) in [4.78, 5) is 2.13. The van der Waals surface area contributed by atoms with Crippen molar-refractivity contribution >= 4 is 38.9 Å². The largest absolute Gasteiger partial charge is 0.369 e. The van der Waals surface area contributed by atoms with Crippen LogP contribution in [0.2, 0.25) is 10.0 Å². The van der Waals surface area contributed by atoms with E-state index >= 15 is 0 Å². The summed E-state index contributed by atoms with van der Waals surface area (Å²) < 4.78 is 27.1. The molecule has 0 unspecified atom stereocenters. The standard InChI is InChI=1S/C17H15Cl2N3O2S/c18-15-2-1-3-16(17(15)19)25(23,24)22-10-8-21(9-11-22)14-6-4-13(12-20)5-7-14/h1-7H,8-11H2. The predicted octanol–water partition coefficient (Wildman–Crippen LogP) is 3.38. The van der Waals surface area contributed by atoms with Crippen molar-refractivity contribution in [3.05, 3.63) is 58.1 Å². The van der Waals surface area contributed by atoms with Crippen molar-refractivity contribution in [2.45, 2.75) is 4.90 Å². The van der Waals surface area contributed by atoms with E-state index in [4.69, 9.17) is 28.5 Å². The highest BCUT2D eigenvalue weighted by atomic mass is 35.5. The lowest BCUT2D eigenvalue weighted by Gasteiger charge is -2.35. The fourth-order valence-electron chi connectivity index (χ4n) is 2.76. The Kier molecular flexibility index (Phi) is 5.21. The van der Waals surface area contributed by atoms with Crippen molar-refractivity contribution in [1.82, 2.24) is 4.31 Å². The number of sulfonamides is 1. The molecule has 2 aromatic rings. The van der Waals surface area contributed by atoms with Crippen molar-refractivity contribution < 1.29 is 8.42 Å². The van der Waals surface area contributed by atoms with Gasteiger partial charge in [-0.1, -0.05) is 29.3 Å². The molecule has 3 rings (SSSR count). The van der Waals surface area contributed by atoms with Gasteiger partial charge in [0.15, 0.2) is 0 Å². The molecule has 0 spiro atoms. The topological polar surface area (TPSA) is 64.4 Å². The van der Waals surface area contributed by atoms with Crippen molar-refractivity contribution in [3.63, 3.8) is 0 Å². The Labute approximate surface area is 157 Å². The molecule has 1 aliphatic heterocycles.